The number of halogens is 3. The van der Waals surface area contributed by atoms with Crippen LogP contribution in [-0.4, -0.2) is 41.3 Å². The summed E-state index contributed by atoms with van der Waals surface area (Å²) in [6.45, 7) is 2.26. The first-order valence-corrected chi connectivity index (χ1v) is 10.6. The largest absolute Gasteiger partial charge is 0.416 e. The smallest absolute Gasteiger partial charge is 0.370 e. The lowest BCUT2D eigenvalue weighted by Crippen LogP contribution is -2.49. The van der Waals surface area contributed by atoms with Gasteiger partial charge in [-0.05, 0) is 60.7 Å². The first-order chi connectivity index (χ1) is 15.2. The van der Waals surface area contributed by atoms with E-state index in [1.165, 1.54) is 12.1 Å². The summed E-state index contributed by atoms with van der Waals surface area (Å²) >= 11 is 0. The van der Waals surface area contributed by atoms with Gasteiger partial charge in [0.2, 0.25) is 5.91 Å². The van der Waals surface area contributed by atoms with E-state index < -0.39 is 11.7 Å². The number of nitrogens with zero attached hydrogens (tertiary/aromatic N) is 2. The molecule has 170 valence electrons. The van der Waals surface area contributed by atoms with Gasteiger partial charge in [-0.1, -0.05) is 12.1 Å². The van der Waals surface area contributed by atoms with Crippen molar-refractivity contribution >= 4 is 23.2 Å². The lowest BCUT2D eigenvalue weighted by Gasteiger charge is -2.37. The fourth-order valence-corrected chi connectivity index (χ4v) is 4.47. The second-order valence-electron chi connectivity index (χ2n) is 8.32. The molecule has 2 aromatic carbocycles. The number of fused-ring (bicyclic) bond motifs is 1. The van der Waals surface area contributed by atoms with Gasteiger partial charge in [0.25, 0.3) is 0 Å². The molecule has 2 aromatic rings. The number of carbonyl (C=O) groups excluding carboxylic acids is 1. The molecule has 0 saturated carbocycles. The van der Waals surface area contributed by atoms with Crippen molar-refractivity contribution in [3.05, 3.63) is 59.2 Å². The monoisotopic (exact) mass is 445 g/mol. The number of guanidine groups is 1. The van der Waals surface area contributed by atoms with Gasteiger partial charge in [-0.2, -0.15) is 13.2 Å². The summed E-state index contributed by atoms with van der Waals surface area (Å²) in [5, 5.41) is 10.9. The van der Waals surface area contributed by atoms with E-state index in [0.717, 1.165) is 41.8 Å². The fourth-order valence-electron chi connectivity index (χ4n) is 4.47. The number of benzene rings is 2. The summed E-state index contributed by atoms with van der Waals surface area (Å²) in [5.74, 6) is -0.0733. The van der Waals surface area contributed by atoms with E-state index in [2.05, 4.69) is 5.32 Å². The van der Waals surface area contributed by atoms with Crippen LogP contribution in [0.5, 0.6) is 0 Å². The molecule has 1 saturated heterocycles. The zero-order valence-electron chi connectivity index (χ0n) is 17.6. The molecule has 1 atom stereocenters. The third-order valence-corrected chi connectivity index (χ3v) is 6.18. The Labute approximate surface area is 184 Å². The van der Waals surface area contributed by atoms with Crippen LogP contribution in [0.3, 0.4) is 0 Å². The average Bonchev–Trinajstić information content (AvgIpc) is 2.78. The summed E-state index contributed by atoms with van der Waals surface area (Å²) in [4.78, 5) is 16.7. The molecule has 4 N–H and O–H groups in total. The first kappa shape index (κ1) is 22.0. The number of rotatable bonds is 3. The highest BCUT2D eigenvalue weighted by atomic mass is 19.4. The van der Waals surface area contributed by atoms with Gasteiger partial charge in [0.05, 0.1) is 11.5 Å². The highest BCUT2D eigenvalue weighted by molar-refractivity contribution is 5.81. The molecule has 0 aromatic heterocycles. The van der Waals surface area contributed by atoms with Gasteiger partial charge >= 0.3 is 6.18 Å². The van der Waals surface area contributed by atoms with Crippen molar-refractivity contribution in [2.45, 2.75) is 32.0 Å². The van der Waals surface area contributed by atoms with Crippen molar-refractivity contribution in [1.82, 2.24) is 9.80 Å². The number of likely N-dealkylation sites (tertiary alicyclic amines) is 1. The van der Waals surface area contributed by atoms with Crippen LogP contribution in [0.4, 0.5) is 24.5 Å². The van der Waals surface area contributed by atoms with Crippen LogP contribution in [0.2, 0.25) is 0 Å². The van der Waals surface area contributed by atoms with Crippen molar-refractivity contribution in [3.8, 4) is 0 Å². The Morgan fingerprint density at radius 2 is 1.84 bits per heavy atom. The average molecular weight is 445 g/mol. The first-order valence-electron chi connectivity index (χ1n) is 10.6. The van der Waals surface area contributed by atoms with Gasteiger partial charge < -0.3 is 20.9 Å². The van der Waals surface area contributed by atoms with Gasteiger partial charge in [-0.25, -0.2) is 0 Å². The predicted octanol–water partition coefficient (Wildman–Crippen LogP) is 3.94. The number of anilines is 2. The number of carbonyl (C=O) groups is 1. The number of piperidine rings is 1. The lowest BCUT2D eigenvalue weighted by molar-refractivity contribution is -0.138. The third kappa shape index (κ3) is 4.66. The normalized spacial score (nSPS) is 18.8. The van der Waals surface area contributed by atoms with Gasteiger partial charge in [0.1, 0.15) is 0 Å². The van der Waals surface area contributed by atoms with Gasteiger partial charge in [0.15, 0.2) is 5.96 Å². The van der Waals surface area contributed by atoms with Gasteiger partial charge in [0, 0.05) is 37.6 Å². The van der Waals surface area contributed by atoms with Gasteiger partial charge in [-0.15, -0.1) is 0 Å². The van der Waals surface area contributed by atoms with Crippen molar-refractivity contribution in [2.75, 3.05) is 25.0 Å². The number of nitrogens with two attached hydrogens (primary N) is 1. The molecule has 2 aliphatic rings. The molecule has 4 rings (SSSR count). The van der Waals surface area contributed by atoms with E-state index in [9.17, 15) is 18.0 Å². The number of hydrogen-bond donors (Lipinski definition) is 3. The fraction of sp³-hybridized carbons (Fsp3) is 0.391. The van der Waals surface area contributed by atoms with E-state index in [0.29, 0.717) is 38.3 Å². The Morgan fingerprint density at radius 3 is 2.53 bits per heavy atom. The molecule has 32 heavy (non-hydrogen) atoms. The summed E-state index contributed by atoms with van der Waals surface area (Å²) < 4.78 is 38.4. The summed E-state index contributed by atoms with van der Waals surface area (Å²) in [7, 11) is 0. The van der Waals surface area contributed by atoms with Crippen molar-refractivity contribution in [3.63, 3.8) is 0 Å². The Bertz CT molecular complexity index is 1010. The Balaban J connectivity index is 1.45. The standard InChI is InChI=1S/C23H26F3N5O/c24-23(25,26)17-6-8-18(9-7-17)29-20-5-1-3-15-13-30(12-10-19(15)20)21(32)16-4-2-11-31(14-16)22(27)28/h1,3,5-9,16,29H,2,4,10-14H2,(H3,27,28). The van der Waals surface area contributed by atoms with Crippen molar-refractivity contribution in [2.24, 2.45) is 11.7 Å². The third-order valence-electron chi connectivity index (χ3n) is 6.18. The van der Waals surface area contributed by atoms with E-state index in [1.807, 2.05) is 23.1 Å². The van der Waals surface area contributed by atoms with E-state index in [1.54, 1.807) is 4.90 Å². The second kappa shape index (κ2) is 8.72. The SMILES string of the molecule is N=C(N)N1CCCC(C(=O)N2CCc3c(cccc3Nc3ccc(C(F)(F)F)cc3)C2)C1. The van der Waals surface area contributed by atoms with Crippen LogP contribution in [0, 0.1) is 11.3 Å². The molecular weight excluding hydrogens is 419 g/mol. The Morgan fingerprint density at radius 1 is 1.09 bits per heavy atom. The van der Waals surface area contributed by atoms with E-state index in [4.69, 9.17) is 11.1 Å². The van der Waals surface area contributed by atoms with E-state index >= 15 is 0 Å². The minimum Gasteiger partial charge on any atom is -0.370 e. The van der Waals surface area contributed by atoms with Crippen LogP contribution in [0.25, 0.3) is 0 Å². The summed E-state index contributed by atoms with van der Waals surface area (Å²) in [6.07, 6.45) is -2.07. The minimum atomic E-state index is -4.36. The number of hydrogen-bond acceptors (Lipinski definition) is 3. The molecule has 2 heterocycles. The number of alkyl halides is 3. The summed E-state index contributed by atoms with van der Waals surface area (Å²) in [6, 6.07) is 10.7. The van der Waals surface area contributed by atoms with E-state index in [-0.39, 0.29) is 17.8 Å². The zero-order valence-corrected chi connectivity index (χ0v) is 17.6. The second-order valence-corrected chi connectivity index (χ2v) is 8.32. The maximum atomic E-state index is 13.1. The van der Waals surface area contributed by atoms with Crippen molar-refractivity contribution < 1.29 is 18.0 Å². The predicted molar refractivity (Wildman–Crippen MR) is 117 cm³/mol. The van der Waals surface area contributed by atoms with Crippen LogP contribution in [0.15, 0.2) is 42.5 Å². The maximum absolute atomic E-state index is 13.1. The molecule has 0 spiro atoms. The molecule has 0 aliphatic carbocycles. The quantitative estimate of drug-likeness (QED) is 0.494. The topological polar surface area (TPSA) is 85.5 Å². The molecule has 1 fully saturated rings. The van der Waals surface area contributed by atoms with Crippen LogP contribution < -0.4 is 11.1 Å². The molecule has 2 aliphatic heterocycles. The van der Waals surface area contributed by atoms with Crippen LogP contribution in [0.1, 0.15) is 29.5 Å². The van der Waals surface area contributed by atoms with Crippen LogP contribution in [-0.2, 0) is 23.9 Å². The highest BCUT2D eigenvalue weighted by Gasteiger charge is 2.32. The number of amides is 1. The molecular formula is C23H26F3N5O. The summed E-state index contributed by atoms with van der Waals surface area (Å²) in [5.41, 5.74) is 8.45. The zero-order chi connectivity index (χ0) is 22.9. The molecule has 1 unspecified atom stereocenters. The Hall–Kier alpha value is -3.23. The lowest BCUT2D eigenvalue weighted by atomic mass is 9.93. The maximum Gasteiger partial charge on any atom is 0.416 e. The minimum absolute atomic E-state index is 0.00507. The Kier molecular flexibility index (Phi) is 5.99. The van der Waals surface area contributed by atoms with Gasteiger partial charge in [-0.3, -0.25) is 10.2 Å². The molecule has 0 radical (unpaired) electrons. The number of nitrogens with one attached hydrogen (secondary N) is 2. The van der Waals surface area contributed by atoms with Crippen LogP contribution >= 0.6 is 0 Å². The molecule has 9 heteroatoms. The molecule has 0 bridgehead atoms. The van der Waals surface area contributed by atoms with Crippen molar-refractivity contribution in [1.29, 1.82) is 5.41 Å². The molecule has 6 nitrogen and oxygen atoms in total. The molecule has 1 amide bonds. The highest BCUT2D eigenvalue weighted by Crippen LogP contribution is 2.33.